The Kier molecular flexibility index (Phi) is 8.05. The highest BCUT2D eigenvalue weighted by Crippen LogP contribution is 2.28. The lowest BCUT2D eigenvalue weighted by atomic mass is 10.2. The predicted molar refractivity (Wildman–Crippen MR) is 124 cm³/mol. The zero-order valence-electron chi connectivity index (χ0n) is 17.8. The Morgan fingerprint density at radius 3 is 2.48 bits per heavy atom. The average molecular weight is 418 g/mol. The third-order valence-corrected chi connectivity index (χ3v) is 4.41. The van der Waals surface area contributed by atoms with Gasteiger partial charge in [-0.05, 0) is 55.3 Å². The third kappa shape index (κ3) is 7.19. The van der Waals surface area contributed by atoms with Gasteiger partial charge in [0.1, 0.15) is 6.61 Å². The summed E-state index contributed by atoms with van der Waals surface area (Å²) in [4.78, 5) is 12.0. The molecule has 0 atom stereocenters. The summed E-state index contributed by atoms with van der Waals surface area (Å²) in [6, 6.07) is 23.3. The number of anilines is 1. The average Bonchev–Trinajstić information content (AvgIpc) is 2.79. The van der Waals surface area contributed by atoms with Crippen LogP contribution in [-0.4, -0.2) is 25.3 Å². The zero-order valence-corrected chi connectivity index (χ0v) is 17.8. The standard InChI is InChI=1S/C25H27N3O3/c1-3-30-24-15-21(11-14-23(24)31-18-20-7-5-4-6-8-20)16-27-28-25(29)17-26-22-12-9-19(2)10-13-22/h4-16,26H,3,17-18H2,1-2H3,(H,28,29). The molecule has 3 aromatic carbocycles. The molecular weight excluding hydrogens is 390 g/mol. The van der Waals surface area contributed by atoms with Crippen molar-refractivity contribution in [2.24, 2.45) is 5.10 Å². The molecule has 0 unspecified atom stereocenters. The van der Waals surface area contributed by atoms with E-state index in [0.29, 0.717) is 24.7 Å². The molecule has 0 saturated carbocycles. The maximum absolute atomic E-state index is 12.0. The van der Waals surface area contributed by atoms with Crippen molar-refractivity contribution < 1.29 is 14.3 Å². The molecule has 6 nitrogen and oxygen atoms in total. The summed E-state index contributed by atoms with van der Waals surface area (Å²) in [5.74, 6) is 1.06. The number of carbonyl (C=O) groups excluding carboxylic acids is 1. The predicted octanol–water partition coefficient (Wildman–Crippen LogP) is 4.53. The summed E-state index contributed by atoms with van der Waals surface area (Å²) >= 11 is 0. The monoisotopic (exact) mass is 417 g/mol. The molecule has 0 bridgehead atoms. The number of ether oxygens (including phenoxy) is 2. The molecular formula is C25H27N3O3. The van der Waals surface area contributed by atoms with Gasteiger partial charge in [0.05, 0.1) is 19.4 Å². The fourth-order valence-electron chi connectivity index (χ4n) is 2.80. The van der Waals surface area contributed by atoms with E-state index in [9.17, 15) is 4.79 Å². The van der Waals surface area contributed by atoms with Crippen molar-refractivity contribution in [1.29, 1.82) is 0 Å². The van der Waals surface area contributed by atoms with Crippen LogP contribution in [0.5, 0.6) is 11.5 Å². The highest BCUT2D eigenvalue weighted by Gasteiger charge is 2.07. The van der Waals surface area contributed by atoms with Crippen LogP contribution in [0.3, 0.4) is 0 Å². The van der Waals surface area contributed by atoms with Crippen LogP contribution < -0.4 is 20.2 Å². The molecule has 0 saturated heterocycles. The number of nitrogens with one attached hydrogen (secondary N) is 2. The van der Waals surface area contributed by atoms with Crippen LogP contribution in [0, 0.1) is 6.92 Å². The maximum atomic E-state index is 12.0. The summed E-state index contributed by atoms with van der Waals surface area (Å²) in [5, 5.41) is 7.09. The molecule has 31 heavy (non-hydrogen) atoms. The Bertz CT molecular complexity index is 1000. The lowest BCUT2D eigenvalue weighted by Gasteiger charge is -2.12. The SMILES string of the molecule is CCOc1cc(C=NNC(=O)CNc2ccc(C)cc2)ccc1OCc1ccccc1. The largest absolute Gasteiger partial charge is 0.490 e. The van der Waals surface area contributed by atoms with E-state index in [-0.39, 0.29) is 12.5 Å². The number of hydrogen-bond acceptors (Lipinski definition) is 5. The molecule has 0 aliphatic carbocycles. The first-order valence-electron chi connectivity index (χ1n) is 10.2. The minimum absolute atomic E-state index is 0.136. The molecule has 160 valence electrons. The van der Waals surface area contributed by atoms with Gasteiger partial charge in [-0.3, -0.25) is 4.79 Å². The molecule has 0 fully saturated rings. The Balaban J connectivity index is 1.53. The van der Waals surface area contributed by atoms with Gasteiger partial charge in [0.25, 0.3) is 5.91 Å². The highest BCUT2D eigenvalue weighted by atomic mass is 16.5. The van der Waals surface area contributed by atoms with Crippen molar-refractivity contribution in [2.45, 2.75) is 20.5 Å². The van der Waals surface area contributed by atoms with Crippen LogP contribution in [0.15, 0.2) is 77.9 Å². The Morgan fingerprint density at radius 1 is 0.968 bits per heavy atom. The van der Waals surface area contributed by atoms with Crippen LogP contribution >= 0.6 is 0 Å². The van der Waals surface area contributed by atoms with Crippen molar-refractivity contribution in [3.63, 3.8) is 0 Å². The molecule has 0 aromatic heterocycles. The van der Waals surface area contributed by atoms with Crippen molar-refractivity contribution in [3.05, 3.63) is 89.5 Å². The lowest BCUT2D eigenvalue weighted by Crippen LogP contribution is -2.25. The third-order valence-electron chi connectivity index (χ3n) is 4.41. The van der Waals surface area contributed by atoms with Gasteiger partial charge >= 0.3 is 0 Å². The fraction of sp³-hybridized carbons (Fsp3) is 0.200. The minimum atomic E-state index is -0.232. The first-order valence-corrected chi connectivity index (χ1v) is 10.2. The van der Waals surface area contributed by atoms with Gasteiger partial charge < -0.3 is 14.8 Å². The van der Waals surface area contributed by atoms with Gasteiger partial charge in [-0.2, -0.15) is 5.10 Å². The van der Waals surface area contributed by atoms with Crippen LogP contribution in [0.2, 0.25) is 0 Å². The van der Waals surface area contributed by atoms with Crippen LogP contribution in [0.25, 0.3) is 0 Å². The number of rotatable bonds is 10. The minimum Gasteiger partial charge on any atom is -0.490 e. The quantitative estimate of drug-likeness (QED) is 0.375. The van der Waals surface area contributed by atoms with Gasteiger partial charge in [-0.1, -0.05) is 48.0 Å². The molecule has 2 N–H and O–H groups in total. The van der Waals surface area contributed by atoms with E-state index in [1.807, 2.05) is 86.6 Å². The van der Waals surface area contributed by atoms with Crippen LogP contribution in [-0.2, 0) is 11.4 Å². The van der Waals surface area contributed by atoms with Gasteiger partial charge in [-0.25, -0.2) is 5.43 Å². The maximum Gasteiger partial charge on any atom is 0.259 e. The van der Waals surface area contributed by atoms with Gasteiger partial charge in [0.2, 0.25) is 0 Å². The Hall–Kier alpha value is -3.80. The van der Waals surface area contributed by atoms with Gasteiger partial charge in [0.15, 0.2) is 11.5 Å². The van der Waals surface area contributed by atoms with E-state index in [0.717, 1.165) is 16.8 Å². The second-order valence-corrected chi connectivity index (χ2v) is 6.93. The summed E-state index contributed by atoms with van der Waals surface area (Å²) in [6.45, 7) is 5.05. The Labute approximate surface area is 182 Å². The summed E-state index contributed by atoms with van der Waals surface area (Å²) in [5.41, 5.74) is 6.45. The second-order valence-electron chi connectivity index (χ2n) is 6.93. The van der Waals surface area contributed by atoms with E-state index in [1.54, 1.807) is 6.21 Å². The van der Waals surface area contributed by atoms with Crippen molar-refractivity contribution >= 4 is 17.8 Å². The van der Waals surface area contributed by atoms with Crippen molar-refractivity contribution in [2.75, 3.05) is 18.5 Å². The van der Waals surface area contributed by atoms with Crippen LogP contribution in [0.4, 0.5) is 5.69 Å². The van der Waals surface area contributed by atoms with E-state index < -0.39 is 0 Å². The molecule has 0 aliphatic rings. The smallest absolute Gasteiger partial charge is 0.259 e. The van der Waals surface area contributed by atoms with E-state index in [1.165, 1.54) is 5.56 Å². The van der Waals surface area contributed by atoms with Crippen molar-refractivity contribution in [1.82, 2.24) is 5.43 Å². The van der Waals surface area contributed by atoms with Gasteiger partial charge in [-0.15, -0.1) is 0 Å². The molecule has 1 amide bonds. The molecule has 3 aromatic rings. The first kappa shape index (κ1) is 21.9. The number of amides is 1. The van der Waals surface area contributed by atoms with E-state index in [4.69, 9.17) is 9.47 Å². The summed E-state index contributed by atoms with van der Waals surface area (Å²) in [6.07, 6.45) is 1.58. The molecule has 0 radical (unpaired) electrons. The van der Waals surface area contributed by atoms with Gasteiger partial charge in [0, 0.05) is 5.69 Å². The lowest BCUT2D eigenvalue weighted by molar-refractivity contribution is -0.119. The van der Waals surface area contributed by atoms with E-state index >= 15 is 0 Å². The van der Waals surface area contributed by atoms with Crippen molar-refractivity contribution in [3.8, 4) is 11.5 Å². The number of nitrogens with zero attached hydrogens (tertiary/aromatic N) is 1. The van der Waals surface area contributed by atoms with E-state index in [2.05, 4.69) is 15.8 Å². The summed E-state index contributed by atoms with van der Waals surface area (Å²) < 4.78 is 11.6. The number of carbonyl (C=O) groups is 1. The number of aryl methyl sites for hydroxylation is 1. The second kappa shape index (κ2) is 11.4. The normalized spacial score (nSPS) is 10.6. The first-order chi connectivity index (χ1) is 15.1. The fourth-order valence-corrected chi connectivity index (χ4v) is 2.80. The molecule has 0 aliphatic heterocycles. The van der Waals surface area contributed by atoms with Crippen LogP contribution in [0.1, 0.15) is 23.6 Å². The molecule has 0 heterocycles. The number of hydrazone groups is 1. The number of hydrogen-bond donors (Lipinski definition) is 2. The topological polar surface area (TPSA) is 72.0 Å². The number of benzene rings is 3. The molecule has 0 spiro atoms. The Morgan fingerprint density at radius 2 is 1.74 bits per heavy atom. The zero-order chi connectivity index (χ0) is 21.9. The summed E-state index contributed by atoms with van der Waals surface area (Å²) in [7, 11) is 0. The molecule has 3 rings (SSSR count). The highest BCUT2D eigenvalue weighted by molar-refractivity contribution is 5.84. The molecule has 6 heteroatoms.